The molecule has 1 aliphatic carbocycles. The van der Waals surface area contributed by atoms with Crippen LogP contribution in [0.2, 0.25) is 0 Å². The van der Waals surface area contributed by atoms with Crippen LogP contribution in [0.5, 0.6) is 5.75 Å². The molecule has 0 bridgehead atoms. The second-order valence-corrected chi connectivity index (χ2v) is 5.91. The molecule has 0 amide bonds. The van der Waals surface area contributed by atoms with Crippen LogP contribution in [0.15, 0.2) is 18.2 Å². The Kier molecular flexibility index (Phi) is 4.99. The molecule has 1 aromatic rings. The number of ether oxygens (including phenoxy) is 2. The Morgan fingerprint density at radius 1 is 1.33 bits per heavy atom. The summed E-state index contributed by atoms with van der Waals surface area (Å²) in [5.74, 6) is 0.298. The third-order valence-corrected chi connectivity index (χ3v) is 4.60. The number of carbonyl (C=O) groups excluding carboxylic acids is 1. The lowest BCUT2D eigenvalue weighted by atomic mass is 9.76. The highest BCUT2D eigenvalue weighted by Gasteiger charge is 2.40. The molecule has 0 saturated heterocycles. The Labute approximate surface area is 125 Å². The standard InChI is InChI=1S/C17H23FO3/c1-12-7-9-17(21-3,10-8-12)15(19)11-13-5-4-6-14(20-2)16(13)18/h4-6,12H,7-11H2,1-3H3. The van der Waals surface area contributed by atoms with Crippen LogP contribution in [-0.4, -0.2) is 25.6 Å². The Morgan fingerprint density at radius 3 is 2.57 bits per heavy atom. The average Bonchev–Trinajstić information content (AvgIpc) is 2.50. The van der Waals surface area contributed by atoms with E-state index >= 15 is 0 Å². The summed E-state index contributed by atoms with van der Waals surface area (Å²) in [7, 11) is 3.00. The highest BCUT2D eigenvalue weighted by molar-refractivity contribution is 5.89. The molecule has 0 radical (unpaired) electrons. The van der Waals surface area contributed by atoms with E-state index in [1.807, 2.05) is 0 Å². The summed E-state index contributed by atoms with van der Waals surface area (Å²) in [5.41, 5.74) is -0.378. The van der Waals surface area contributed by atoms with Gasteiger partial charge in [0.1, 0.15) is 5.60 Å². The maximum Gasteiger partial charge on any atom is 0.169 e. The first-order valence-electron chi connectivity index (χ1n) is 7.42. The molecule has 116 valence electrons. The van der Waals surface area contributed by atoms with E-state index in [2.05, 4.69) is 6.92 Å². The SMILES string of the molecule is COc1cccc(CC(=O)C2(OC)CCC(C)CC2)c1F. The second kappa shape index (κ2) is 6.56. The molecule has 0 aliphatic heterocycles. The number of halogens is 1. The van der Waals surface area contributed by atoms with Crippen molar-refractivity contribution in [3.8, 4) is 5.75 Å². The van der Waals surface area contributed by atoms with Crippen molar-refractivity contribution in [3.05, 3.63) is 29.6 Å². The van der Waals surface area contributed by atoms with Crippen LogP contribution in [0.4, 0.5) is 4.39 Å². The van der Waals surface area contributed by atoms with Crippen LogP contribution in [0, 0.1) is 11.7 Å². The monoisotopic (exact) mass is 294 g/mol. The van der Waals surface area contributed by atoms with Crippen molar-refractivity contribution in [1.29, 1.82) is 0 Å². The molecule has 0 aromatic heterocycles. The van der Waals surface area contributed by atoms with Gasteiger partial charge in [-0.05, 0) is 43.2 Å². The van der Waals surface area contributed by atoms with E-state index in [-0.39, 0.29) is 18.0 Å². The van der Waals surface area contributed by atoms with Crippen LogP contribution in [0.1, 0.15) is 38.2 Å². The molecule has 1 aliphatic rings. The molecular weight excluding hydrogens is 271 g/mol. The number of hydrogen-bond donors (Lipinski definition) is 0. The van der Waals surface area contributed by atoms with Crippen LogP contribution in [0.3, 0.4) is 0 Å². The van der Waals surface area contributed by atoms with Crippen molar-refractivity contribution < 1.29 is 18.7 Å². The lowest BCUT2D eigenvalue weighted by Crippen LogP contribution is -2.44. The smallest absolute Gasteiger partial charge is 0.169 e. The lowest BCUT2D eigenvalue weighted by molar-refractivity contribution is -0.145. The molecule has 21 heavy (non-hydrogen) atoms. The molecule has 2 rings (SSSR count). The largest absolute Gasteiger partial charge is 0.494 e. The number of rotatable bonds is 5. The number of benzene rings is 1. The summed E-state index contributed by atoms with van der Waals surface area (Å²) < 4.78 is 24.7. The van der Waals surface area contributed by atoms with Gasteiger partial charge in [0.25, 0.3) is 0 Å². The molecule has 0 heterocycles. The van der Waals surface area contributed by atoms with Gasteiger partial charge in [-0.1, -0.05) is 19.1 Å². The Morgan fingerprint density at radius 2 is 2.00 bits per heavy atom. The van der Waals surface area contributed by atoms with Crippen LogP contribution in [0.25, 0.3) is 0 Å². The summed E-state index contributed by atoms with van der Waals surface area (Å²) in [6.07, 6.45) is 3.43. The molecule has 1 fully saturated rings. The fourth-order valence-corrected chi connectivity index (χ4v) is 3.01. The van der Waals surface area contributed by atoms with Crippen molar-refractivity contribution in [3.63, 3.8) is 0 Å². The third-order valence-electron chi connectivity index (χ3n) is 4.60. The fourth-order valence-electron chi connectivity index (χ4n) is 3.01. The predicted molar refractivity (Wildman–Crippen MR) is 79.0 cm³/mol. The average molecular weight is 294 g/mol. The quantitative estimate of drug-likeness (QED) is 0.833. The number of methoxy groups -OCH3 is 2. The highest BCUT2D eigenvalue weighted by Crippen LogP contribution is 2.36. The Hall–Kier alpha value is -1.42. The van der Waals surface area contributed by atoms with Gasteiger partial charge in [-0.3, -0.25) is 4.79 Å². The summed E-state index contributed by atoms with van der Waals surface area (Å²) >= 11 is 0. The Bertz CT molecular complexity index is 505. The van der Waals surface area contributed by atoms with Gasteiger partial charge in [-0.15, -0.1) is 0 Å². The van der Waals surface area contributed by atoms with Crippen LogP contribution >= 0.6 is 0 Å². The summed E-state index contributed by atoms with van der Waals surface area (Å²) in [6.45, 7) is 2.19. The van der Waals surface area contributed by atoms with Gasteiger partial charge in [0.15, 0.2) is 17.3 Å². The van der Waals surface area contributed by atoms with E-state index in [1.54, 1.807) is 25.3 Å². The molecule has 0 N–H and O–H groups in total. The molecule has 1 aromatic carbocycles. The van der Waals surface area contributed by atoms with E-state index < -0.39 is 11.4 Å². The maximum absolute atomic E-state index is 14.2. The molecule has 4 heteroatoms. The first-order valence-corrected chi connectivity index (χ1v) is 7.42. The minimum absolute atomic E-state index is 0.0379. The number of Topliss-reactive ketones (excluding diaryl/α,β-unsaturated/α-hetero) is 1. The zero-order chi connectivity index (χ0) is 15.5. The minimum Gasteiger partial charge on any atom is -0.494 e. The minimum atomic E-state index is -0.748. The van der Waals surface area contributed by atoms with Crippen molar-refractivity contribution >= 4 is 5.78 Å². The summed E-state index contributed by atoms with van der Waals surface area (Å²) in [4.78, 5) is 12.6. The third kappa shape index (κ3) is 3.26. The Balaban J connectivity index is 2.17. The number of hydrogen-bond acceptors (Lipinski definition) is 3. The van der Waals surface area contributed by atoms with Crippen molar-refractivity contribution in [2.45, 2.75) is 44.6 Å². The van der Waals surface area contributed by atoms with Gasteiger partial charge in [0, 0.05) is 13.5 Å². The van der Waals surface area contributed by atoms with E-state index in [4.69, 9.17) is 9.47 Å². The lowest BCUT2D eigenvalue weighted by Gasteiger charge is -2.37. The van der Waals surface area contributed by atoms with Gasteiger partial charge in [0.2, 0.25) is 0 Å². The maximum atomic E-state index is 14.2. The number of carbonyl (C=O) groups is 1. The normalized spacial score (nSPS) is 25.6. The number of ketones is 1. The molecule has 0 atom stereocenters. The molecular formula is C17H23FO3. The predicted octanol–water partition coefficient (Wildman–Crippen LogP) is 3.54. The first-order chi connectivity index (χ1) is 10.0. The van der Waals surface area contributed by atoms with Crippen LogP contribution < -0.4 is 4.74 Å². The van der Waals surface area contributed by atoms with Gasteiger partial charge in [0.05, 0.1) is 7.11 Å². The van der Waals surface area contributed by atoms with Gasteiger partial charge >= 0.3 is 0 Å². The van der Waals surface area contributed by atoms with Crippen molar-refractivity contribution in [1.82, 2.24) is 0 Å². The zero-order valence-electron chi connectivity index (χ0n) is 12.9. The van der Waals surface area contributed by atoms with Crippen molar-refractivity contribution in [2.24, 2.45) is 5.92 Å². The topological polar surface area (TPSA) is 35.5 Å². The second-order valence-electron chi connectivity index (χ2n) is 5.91. The summed E-state index contributed by atoms with van der Waals surface area (Å²) in [5, 5.41) is 0. The molecule has 3 nitrogen and oxygen atoms in total. The molecule has 1 saturated carbocycles. The van der Waals surface area contributed by atoms with E-state index in [9.17, 15) is 9.18 Å². The van der Waals surface area contributed by atoms with Crippen molar-refractivity contribution in [2.75, 3.05) is 14.2 Å². The van der Waals surface area contributed by atoms with Gasteiger partial charge < -0.3 is 9.47 Å². The molecule has 0 spiro atoms. The van der Waals surface area contributed by atoms with Gasteiger partial charge in [-0.25, -0.2) is 4.39 Å². The summed E-state index contributed by atoms with van der Waals surface area (Å²) in [6, 6.07) is 4.88. The van der Waals surface area contributed by atoms with Crippen LogP contribution in [-0.2, 0) is 16.0 Å². The van der Waals surface area contributed by atoms with E-state index in [1.165, 1.54) is 7.11 Å². The van der Waals surface area contributed by atoms with E-state index in [0.29, 0.717) is 11.5 Å². The first kappa shape index (κ1) is 16.0. The van der Waals surface area contributed by atoms with Gasteiger partial charge in [-0.2, -0.15) is 0 Å². The fraction of sp³-hybridized carbons (Fsp3) is 0.588. The highest BCUT2D eigenvalue weighted by atomic mass is 19.1. The zero-order valence-corrected chi connectivity index (χ0v) is 12.9. The van der Waals surface area contributed by atoms with E-state index in [0.717, 1.165) is 25.7 Å². The molecule has 0 unspecified atom stereocenters.